The van der Waals surface area contributed by atoms with Crippen molar-refractivity contribution in [3.8, 4) is 0 Å². The zero-order valence-electron chi connectivity index (χ0n) is 11.2. The maximum Gasteiger partial charge on any atom is 0.260 e. The first-order valence-corrected chi connectivity index (χ1v) is 8.29. The van der Waals surface area contributed by atoms with Crippen molar-refractivity contribution in [3.05, 3.63) is 11.6 Å². The second-order valence-corrected chi connectivity index (χ2v) is 6.77. The molecule has 10 heteroatoms. The molecule has 8 nitrogen and oxygen atoms in total. The molecule has 2 aromatic heterocycles. The van der Waals surface area contributed by atoms with Crippen LogP contribution in [-0.4, -0.2) is 37.6 Å². The molecule has 2 aromatic rings. The van der Waals surface area contributed by atoms with Crippen molar-refractivity contribution in [1.82, 2.24) is 14.1 Å². The number of fused-ring (bicyclic) bond motifs is 1. The van der Waals surface area contributed by atoms with Crippen LogP contribution in [-0.2, 0) is 14.8 Å². The first kappa shape index (κ1) is 15.2. The number of rotatable bonds is 7. The van der Waals surface area contributed by atoms with E-state index >= 15 is 0 Å². The Kier molecular flexibility index (Phi) is 4.60. The maximum absolute atomic E-state index is 12.5. The van der Waals surface area contributed by atoms with Gasteiger partial charge < -0.3 is 10.2 Å². The third kappa shape index (κ3) is 2.94. The number of hydrogen-bond acceptors (Lipinski definition) is 7. The summed E-state index contributed by atoms with van der Waals surface area (Å²) in [6.07, 6.45) is 2.22. The molecule has 0 radical (unpaired) electrons. The zero-order valence-corrected chi connectivity index (χ0v) is 12.8. The summed E-state index contributed by atoms with van der Waals surface area (Å²) in [5.41, 5.74) is 2.32. The van der Waals surface area contributed by atoms with E-state index in [1.54, 1.807) is 25.6 Å². The van der Waals surface area contributed by atoms with Crippen molar-refractivity contribution in [3.63, 3.8) is 0 Å². The van der Waals surface area contributed by atoms with E-state index in [2.05, 4.69) is 15.1 Å². The Morgan fingerprint density at radius 1 is 1.60 bits per heavy atom. The van der Waals surface area contributed by atoms with Gasteiger partial charge in [0.25, 0.3) is 10.0 Å². The van der Waals surface area contributed by atoms with Gasteiger partial charge in [0, 0.05) is 31.3 Å². The van der Waals surface area contributed by atoms with Gasteiger partial charge in [-0.15, -0.1) is 11.3 Å². The second kappa shape index (κ2) is 6.06. The molecule has 0 aliphatic rings. The lowest BCUT2D eigenvalue weighted by Crippen LogP contribution is -2.34. The number of nitrogen functional groups attached to an aromatic ring is 1. The number of nitrogens with one attached hydrogen (secondary N) is 2. The van der Waals surface area contributed by atoms with Crippen LogP contribution in [0, 0.1) is 0 Å². The first-order valence-electron chi connectivity index (χ1n) is 5.93. The molecule has 0 saturated heterocycles. The van der Waals surface area contributed by atoms with Crippen LogP contribution in [0.1, 0.15) is 13.3 Å². The number of hydrazine groups is 1. The second-order valence-electron chi connectivity index (χ2n) is 4.27. The fourth-order valence-electron chi connectivity index (χ4n) is 1.79. The summed E-state index contributed by atoms with van der Waals surface area (Å²) in [6, 6.07) is -0.255. The number of anilines is 1. The number of nitrogens with two attached hydrogens (primary N) is 1. The van der Waals surface area contributed by atoms with Crippen molar-refractivity contribution in [2.24, 2.45) is 5.84 Å². The Balaban J connectivity index is 2.33. The third-order valence-corrected chi connectivity index (χ3v) is 5.09. The van der Waals surface area contributed by atoms with Crippen LogP contribution < -0.4 is 16.0 Å². The summed E-state index contributed by atoms with van der Waals surface area (Å²) < 4.78 is 33.9. The smallest absolute Gasteiger partial charge is 0.260 e. The molecular formula is C10H17N5O3S2. The molecule has 0 fully saturated rings. The van der Waals surface area contributed by atoms with Crippen LogP contribution >= 0.6 is 11.3 Å². The van der Waals surface area contributed by atoms with E-state index < -0.39 is 10.0 Å². The minimum Gasteiger partial charge on any atom is -0.385 e. The van der Waals surface area contributed by atoms with Gasteiger partial charge >= 0.3 is 0 Å². The molecule has 1 atom stereocenters. The van der Waals surface area contributed by atoms with Gasteiger partial charge in [0.1, 0.15) is 0 Å². The van der Waals surface area contributed by atoms with E-state index in [0.29, 0.717) is 18.0 Å². The van der Waals surface area contributed by atoms with Crippen molar-refractivity contribution in [2.75, 3.05) is 19.1 Å². The van der Waals surface area contributed by atoms with Crippen LogP contribution in [0.4, 0.5) is 5.82 Å². The number of aromatic nitrogens is 2. The topological polar surface area (TPSA) is 111 Å². The quantitative estimate of drug-likeness (QED) is 0.503. The summed E-state index contributed by atoms with van der Waals surface area (Å²) in [4.78, 5) is 4.69. The summed E-state index contributed by atoms with van der Waals surface area (Å²) in [7, 11) is -2.15. The lowest BCUT2D eigenvalue weighted by molar-refractivity contribution is 0.188. The number of thiazole rings is 1. The number of methoxy groups -OCH3 is 1. The fourth-order valence-corrected chi connectivity index (χ4v) is 4.09. The Hall–Kier alpha value is -1.20. The van der Waals surface area contributed by atoms with Crippen molar-refractivity contribution in [2.45, 2.75) is 24.4 Å². The average Bonchev–Trinajstić information content (AvgIpc) is 2.94. The SMILES string of the molecule is COCCC(C)NS(=O)(=O)c1c(NN)nc2sccn12. The number of ether oxygens (including phenoxy) is 1. The zero-order chi connectivity index (χ0) is 14.8. The van der Waals surface area contributed by atoms with Crippen molar-refractivity contribution < 1.29 is 13.2 Å². The molecule has 0 amide bonds. The molecule has 2 heterocycles. The first-order chi connectivity index (χ1) is 9.49. The lowest BCUT2D eigenvalue weighted by Gasteiger charge is -2.13. The van der Waals surface area contributed by atoms with Gasteiger partial charge in [0.15, 0.2) is 10.8 Å². The Labute approximate surface area is 121 Å². The van der Waals surface area contributed by atoms with Gasteiger partial charge in [-0.05, 0) is 13.3 Å². The predicted molar refractivity (Wildman–Crippen MR) is 77.2 cm³/mol. The Morgan fingerprint density at radius 2 is 2.35 bits per heavy atom. The summed E-state index contributed by atoms with van der Waals surface area (Å²) in [5.74, 6) is 5.48. The largest absolute Gasteiger partial charge is 0.385 e. The number of sulfonamides is 1. The molecule has 0 aromatic carbocycles. The van der Waals surface area contributed by atoms with Crippen molar-refractivity contribution in [1.29, 1.82) is 0 Å². The van der Waals surface area contributed by atoms with E-state index in [0.717, 1.165) is 0 Å². The minimum atomic E-state index is -3.73. The van der Waals surface area contributed by atoms with Crippen molar-refractivity contribution >= 4 is 32.1 Å². The van der Waals surface area contributed by atoms with Crippen LogP contribution in [0.3, 0.4) is 0 Å². The monoisotopic (exact) mass is 319 g/mol. The molecule has 112 valence electrons. The van der Waals surface area contributed by atoms with Gasteiger partial charge in [0.05, 0.1) is 0 Å². The molecular weight excluding hydrogens is 302 g/mol. The van der Waals surface area contributed by atoms with Gasteiger partial charge in [0.2, 0.25) is 5.03 Å². The highest BCUT2D eigenvalue weighted by Crippen LogP contribution is 2.25. The highest BCUT2D eigenvalue weighted by atomic mass is 32.2. The summed E-state index contributed by atoms with van der Waals surface area (Å²) in [6.45, 7) is 2.25. The molecule has 0 spiro atoms. The molecule has 0 bridgehead atoms. The molecule has 20 heavy (non-hydrogen) atoms. The summed E-state index contributed by atoms with van der Waals surface area (Å²) >= 11 is 1.33. The molecule has 4 N–H and O–H groups in total. The van der Waals surface area contributed by atoms with E-state index in [9.17, 15) is 8.42 Å². The number of nitrogens with zero attached hydrogens (tertiary/aromatic N) is 2. The number of imidazole rings is 1. The molecule has 2 rings (SSSR count). The van der Waals surface area contributed by atoms with E-state index in [-0.39, 0.29) is 16.9 Å². The molecule has 1 unspecified atom stereocenters. The Bertz CT molecular complexity index is 678. The number of hydrogen-bond donors (Lipinski definition) is 3. The maximum atomic E-state index is 12.5. The van der Waals surface area contributed by atoms with Gasteiger partial charge in [-0.1, -0.05) is 0 Å². The van der Waals surface area contributed by atoms with Gasteiger partial charge in [-0.2, -0.15) is 4.98 Å². The highest BCUT2D eigenvalue weighted by molar-refractivity contribution is 7.89. The average molecular weight is 319 g/mol. The van der Waals surface area contributed by atoms with Crippen LogP contribution in [0.2, 0.25) is 0 Å². The van der Waals surface area contributed by atoms with Crippen LogP contribution in [0.5, 0.6) is 0 Å². The van der Waals surface area contributed by atoms with Crippen LogP contribution in [0.15, 0.2) is 16.6 Å². The fraction of sp³-hybridized carbons (Fsp3) is 0.500. The molecule has 0 aliphatic heterocycles. The van der Waals surface area contributed by atoms with Gasteiger partial charge in [-0.25, -0.2) is 19.0 Å². The van der Waals surface area contributed by atoms with Crippen LogP contribution in [0.25, 0.3) is 4.96 Å². The lowest BCUT2D eigenvalue weighted by atomic mass is 10.3. The molecule has 0 saturated carbocycles. The van der Waals surface area contributed by atoms with Gasteiger partial charge in [-0.3, -0.25) is 4.40 Å². The molecule has 0 aliphatic carbocycles. The Morgan fingerprint density at radius 3 is 3.00 bits per heavy atom. The standard InChI is InChI=1S/C10H17N5O3S2/c1-7(3-5-18-2)14-20(16,17)9-8(13-11)12-10-15(9)4-6-19-10/h4,6-7,13-14H,3,5,11H2,1-2H3. The van der Waals surface area contributed by atoms with E-state index in [1.165, 1.54) is 15.7 Å². The minimum absolute atomic E-state index is 0.0144. The summed E-state index contributed by atoms with van der Waals surface area (Å²) in [5, 5.41) is 1.77. The normalized spacial score (nSPS) is 13.8. The predicted octanol–water partition coefficient (Wildman–Crippen LogP) is 0.385. The van der Waals surface area contributed by atoms with E-state index in [1.807, 2.05) is 0 Å². The van der Waals surface area contributed by atoms with E-state index in [4.69, 9.17) is 10.6 Å². The third-order valence-electron chi connectivity index (χ3n) is 2.72. The highest BCUT2D eigenvalue weighted by Gasteiger charge is 2.27.